The van der Waals surface area contributed by atoms with Gasteiger partial charge in [0, 0.05) is 29.3 Å². The summed E-state index contributed by atoms with van der Waals surface area (Å²) in [6.45, 7) is 0. The average molecular weight is 406 g/mol. The van der Waals surface area contributed by atoms with E-state index in [1.807, 2.05) is 6.07 Å². The average Bonchev–Trinajstić information content (AvgIpc) is 2.98. The summed E-state index contributed by atoms with van der Waals surface area (Å²) in [6.07, 6.45) is 1.52. The topological polar surface area (TPSA) is 133 Å². The number of carbonyl (C=O) groups is 3. The van der Waals surface area contributed by atoms with E-state index in [2.05, 4.69) is 15.6 Å². The summed E-state index contributed by atoms with van der Waals surface area (Å²) in [4.78, 5) is 39.6. The molecule has 0 saturated carbocycles. The lowest BCUT2D eigenvalue weighted by Gasteiger charge is -2.23. The lowest BCUT2D eigenvalue weighted by Crippen LogP contribution is -2.41. The van der Waals surface area contributed by atoms with Crippen LogP contribution in [0.15, 0.2) is 53.5 Å². The van der Waals surface area contributed by atoms with Gasteiger partial charge in [0.05, 0.1) is 5.39 Å². The maximum absolute atomic E-state index is 12.2. The van der Waals surface area contributed by atoms with Crippen LogP contribution in [-0.4, -0.2) is 38.8 Å². The number of carbonyl (C=O) groups excluding carboxylic acids is 3. The molecule has 2 heterocycles. The Hall–Kier alpha value is -4.14. The molecular weight excluding hydrogens is 388 g/mol. The van der Waals surface area contributed by atoms with E-state index in [0.717, 1.165) is 4.57 Å². The number of hydrogen-bond acceptors (Lipinski definition) is 5. The number of urea groups is 1. The van der Waals surface area contributed by atoms with Gasteiger partial charge in [0.1, 0.15) is 6.04 Å². The van der Waals surface area contributed by atoms with Crippen LogP contribution < -0.4 is 10.6 Å². The molecule has 4 N–H and O–H groups in total. The minimum Gasteiger partial charge on any atom is -0.494 e. The normalized spacial score (nSPS) is 16.7. The predicted octanol–water partition coefficient (Wildman–Crippen LogP) is 2.68. The SMILES string of the molecule is O=C1CCC(n2c(O)c3cccc(C=NC(=O)Nc4ccccc4)c3c2O)C(=O)N1. The number of imide groups is 1. The quantitative estimate of drug-likeness (QED) is 0.392. The van der Waals surface area contributed by atoms with Crippen LogP contribution in [0.25, 0.3) is 10.8 Å². The van der Waals surface area contributed by atoms with Crippen LogP contribution in [0.5, 0.6) is 11.8 Å². The molecule has 4 amide bonds. The Morgan fingerprint density at radius 2 is 1.87 bits per heavy atom. The van der Waals surface area contributed by atoms with Gasteiger partial charge in [-0.25, -0.2) is 9.79 Å². The van der Waals surface area contributed by atoms with Crippen molar-refractivity contribution >= 4 is 40.5 Å². The second kappa shape index (κ2) is 7.70. The summed E-state index contributed by atoms with van der Waals surface area (Å²) < 4.78 is 1.09. The van der Waals surface area contributed by atoms with Gasteiger partial charge in [-0.3, -0.25) is 19.5 Å². The number of para-hydroxylation sites is 1. The third kappa shape index (κ3) is 3.48. The van der Waals surface area contributed by atoms with Crippen molar-refractivity contribution in [3.05, 3.63) is 54.1 Å². The Morgan fingerprint density at radius 3 is 2.60 bits per heavy atom. The molecule has 0 bridgehead atoms. The first-order valence-corrected chi connectivity index (χ1v) is 9.24. The fourth-order valence-corrected chi connectivity index (χ4v) is 3.49. The highest BCUT2D eigenvalue weighted by Crippen LogP contribution is 2.41. The number of aromatic hydroxyl groups is 2. The summed E-state index contributed by atoms with van der Waals surface area (Å²) in [7, 11) is 0. The van der Waals surface area contributed by atoms with Crippen LogP contribution in [0.4, 0.5) is 10.5 Å². The van der Waals surface area contributed by atoms with Gasteiger partial charge in [-0.2, -0.15) is 0 Å². The van der Waals surface area contributed by atoms with Crippen LogP contribution in [0.2, 0.25) is 0 Å². The van der Waals surface area contributed by atoms with E-state index in [0.29, 0.717) is 16.6 Å². The first-order valence-electron chi connectivity index (χ1n) is 9.24. The molecule has 2 aromatic carbocycles. The van der Waals surface area contributed by atoms with E-state index in [9.17, 15) is 24.6 Å². The highest BCUT2D eigenvalue weighted by molar-refractivity contribution is 6.09. The van der Waals surface area contributed by atoms with E-state index in [1.165, 1.54) is 6.21 Å². The summed E-state index contributed by atoms with van der Waals surface area (Å²) in [5.74, 6) is -1.65. The van der Waals surface area contributed by atoms with Gasteiger partial charge in [0.2, 0.25) is 23.6 Å². The Morgan fingerprint density at radius 1 is 1.10 bits per heavy atom. The molecule has 0 spiro atoms. The van der Waals surface area contributed by atoms with Gasteiger partial charge in [-0.15, -0.1) is 0 Å². The minimum atomic E-state index is -0.929. The van der Waals surface area contributed by atoms with Crippen LogP contribution in [-0.2, 0) is 9.59 Å². The molecule has 1 aliphatic heterocycles. The number of hydrogen-bond donors (Lipinski definition) is 4. The monoisotopic (exact) mass is 406 g/mol. The first-order chi connectivity index (χ1) is 14.5. The Labute approximate surface area is 170 Å². The molecule has 1 aromatic heterocycles. The van der Waals surface area contributed by atoms with Gasteiger partial charge in [0.25, 0.3) is 0 Å². The number of amides is 4. The third-order valence-corrected chi connectivity index (χ3v) is 4.89. The van der Waals surface area contributed by atoms with Crippen molar-refractivity contribution in [1.82, 2.24) is 9.88 Å². The standard InChI is InChI=1S/C21H18N4O5/c26-16-10-9-15(18(27)24-16)25-19(28)14-8-4-5-12(17(14)20(25)29)11-22-21(30)23-13-6-2-1-3-7-13/h1-8,11,15,28-29H,9-10H2,(H,23,30)(H,24,26,27). The summed E-state index contributed by atoms with van der Waals surface area (Å²) >= 11 is 0. The first kappa shape index (κ1) is 19.2. The predicted molar refractivity (Wildman–Crippen MR) is 110 cm³/mol. The maximum Gasteiger partial charge on any atom is 0.345 e. The van der Waals surface area contributed by atoms with Crippen LogP contribution in [0, 0.1) is 0 Å². The largest absolute Gasteiger partial charge is 0.494 e. The van der Waals surface area contributed by atoms with Crippen LogP contribution >= 0.6 is 0 Å². The molecule has 1 aliphatic rings. The second-order valence-corrected chi connectivity index (χ2v) is 6.81. The molecule has 30 heavy (non-hydrogen) atoms. The van der Waals surface area contributed by atoms with Gasteiger partial charge < -0.3 is 15.5 Å². The van der Waals surface area contributed by atoms with Crippen LogP contribution in [0.3, 0.4) is 0 Å². The number of piperidine rings is 1. The highest BCUT2D eigenvalue weighted by Gasteiger charge is 2.33. The zero-order chi connectivity index (χ0) is 21.3. The van der Waals surface area contributed by atoms with Crippen molar-refractivity contribution in [1.29, 1.82) is 0 Å². The van der Waals surface area contributed by atoms with Crippen molar-refractivity contribution in [3.63, 3.8) is 0 Å². The van der Waals surface area contributed by atoms with Crippen molar-refractivity contribution in [3.8, 4) is 11.8 Å². The van der Waals surface area contributed by atoms with E-state index in [-0.39, 0.29) is 30.0 Å². The van der Waals surface area contributed by atoms with Gasteiger partial charge in [0.15, 0.2) is 0 Å². The molecule has 152 valence electrons. The summed E-state index contributed by atoms with van der Waals surface area (Å²) in [5.41, 5.74) is 0.969. The van der Waals surface area contributed by atoms with Gasteiger partial charge in [-0.05, 0) is 24.6 Å². The van der Waals surface area contributed by atoms with Gasteiger partial charge in [-0.1, -0.05) is 30.3 Å². The smallest absolute Gasteiger partial charge is 0.345 e. The lowest BCUT2D eigenvalue weighted by atomic mass is 10.1. The molecule has 9 heteroatoms. The zero-order valence-corrected chi connectivity index (χ0v) is 15.7. The van der Waals surface area contributed by atoms with Gasteiger partial charge >= 0.3 is 6.03 Å². The number of rotatable bonds is 3. The maximum atomic E-state index is 12.2. The van der Waals surface area contributed by atoms with Crippen molar-refractivity contribution in [2.75, 3.05) is 5.32 Å². The molecule has 0 radical (unpaired) electrons. The molecule has 0 aliphatic carbocycles. The molecule has 1 atom stereocenters. The van der Waals surface area contributed by atoms with E-state index < -0.39 is 23.9 Å². The lowest BCUT2D eigenvalue weighted by molar-refractivity contribution is -0.135. The van der Waals surface area contributed by atoms with E-state index in [4.69, 9.17) is 0 Å². The number of nitrogens with one attached hydrogen (secondary N) is 2. The summed E-state index contributed by atoms with van der Waals surface area (Å²) in [6, 6.07) is 12.1. The number of nitrogens with zero attached hydrogens (tertiary/aromatic N) is 2. The Kier molecular flexibility index (Phi) is 4.93. The Bertz CT molecular complexity index is 1180. The number of benzene rings is 2. The number of anilines is 1. The fraction of sp³-hybridized carbons (Fsp3) is 0.143. The van der Waals surface area contributed by atoms with Crippen molar-refractivity contribution < 1.29 is 24.6 Å². The number of fused-ring (bicyclic) bond motifs is 1. The van der Waals surface area contributed by atoms with Crippen molar-refractivity contribution in [2.24, 2.45) is 4.99 Å². The number of aromatic nitrogens is 1. The van der Waals surface area contributed by atoms with E-state index >= 15 is 0 Å². The molecule has 1 fully saturated rings. The molecule has 3 aromatic rings. The molecule has 9 nitrogen and oxygen atoms in total. The fourth-order valence-electron chi connectivity index (χ4n) is 3.49. The summed E-state index contributed by atoms with van der Waals surface area (Å²) in [5, 5.41) is 26.7. The minimum absolute atomic E-state index is 0.0950. The zero-order valence-electron chi connectivity index (χ0n) is 15.7. The number of aliphatic imine (C=N–C) groups is 1. The Balaban J connectivity index is 1.68. The molecule has 4 rings (SSSR count). The van der Waals surface area contributed by atoms with E-state index in [1.54, 1.807) is 42.5 Å². The molecule has 1 saturated heterocycles. The van der Waals surface area contributed by atoms with Crippen molar-refractivity contribution in [2.45, 2.75) is 18.9 Å². The third-order valence-electron chi connectivity index (χ3n) is 4.89. The van der Waals surface area contributed by atoms with Crippen LogP contribution in [0.1, 0.15) is 24.4 Å². The second-order valence-electron chi connectivity index (χ2n) is 6.81. The highest BCUT2D eigenvalue weighted by atomic mass is 16.3. The molecular formula is C21H18N4O5. The molecule has 1 unspecified atom stereocenters.